The highest BCUT2D eigenvalue weighted by Gasteiger charge is 2.26. The standard InChI is InChI=1S/C9H6N2O4/c12-7-5-2-1-4(10-9(14)15)3-6(5)8(13)11-7/h1-3,10H,(H,14,15)(H,11,12,13). The topological polar surface area (TPSA) is 95.5 Å². The van der Waals surface area contributed by atoms with Crippen LogP contribution in [0.3, 0.4) is 0 Å². The summed E-state index contributed by atoms with van der Waals surface area (Å²) in [5.41, 5.74) is 0.702. The highest BCUT2D eigenvalue weighted by atomic mass is 16.4. The molecule has 0 unspecified atom stereocenters. The van der Waals surface area contributed by atoms with Crippen molar-refractivity contribution < 1.29 is 19.5 Å². The summed E-state index contributed by atoms with van der Waals surface area (Å²) < 4.78 is 0. The number of amides is 3. The van der Waals surface area contributed by atoms with E-state index in [4.69, 9.17) is 5.11 Å². The molecule has 3 amide bonds. The molecule has 1 aliphatic rings. The van der Waals surface area contributed by atoms with Gasteiger partial charge in [0, 0.05) is 5.69 Å². The second kappa shape index (κ2) is 3.09. The van der Waals surface area contributed by atoms with Gasteiger partial charge in [-0.25, -0.2) is 4.79 Å². The maximum Gasteiger partial charge on any atom is 0.409 e. The summed E-state index contributed by atoms with van der Waals surface area (Å²) in [6.07, 6.45) is -1.22. The van der Waals surface area contributed by atoms with Gasteiger partial charge in [-0.15, -0.1) is 0 Å². The van der Waals surface area contributed by atoms with Crippen LogP contribution >= 0.6 is 0 Å². The Morgan fingerprint density at radius 2 is 1.87 bits per heavy atom. The van der Waals surface area contributed by atoms with E-state index >= 15 is 0 Å². The van der Waals surface area contributed by atoms with E-state index in [1.807, 2.05) is 0 Å². The number of carbonyl (C=O) groups is 3. The molecule has 0 saturated heterocycles. The highest BCUT2D eigenvalue weighted by Crippen LogP contribution is 2.19. The molecule has 1 aromatic rings. The molecule has 0 saturated carbocycles. The fourth-order valence-electron chi connectivity index (χ4n) is 1.37. The Kier molecular flexibility index (Phi) is 1.89. The van der Waals surface area contributed by atoms with Crippen molar-refractivity contribution in [2.24, 2.45) is 0 Å². The van der Waals surface area contributed by atoms with Gasteiger partial charge in [0.15, 0.2) is 0 Å². The van der Waals surface area contributed by atoms with Gasteiger partial charge in [0.1, 0.15) is 0 Å². The minimum absolute atomic E-state index is 0.186. The Hall–Kier alpha value is -2.37. The van der Waals surface area contributed by atoms with E-state index in [9.17, 15) is 14.4 Å². The molecule has 0 radical (unpaired) electrons. The predicted molar refractivity (Wildman–Crippen MR) is 49.9 cm³/mol. The van der Waals surface area contributed by atoms with Crippen LogP contribution < -0.4 is 10.6 Å². The summed E-state index contributed by atoms with van der Waals surface area (Å²) in [6, 6.07) is 4.15. The van der Waals surface area contributed by atoms with Crippen molar-refractivity contribution in [3.8, 4) is 0 Å². The Balaban J connectivity index is 2.42. The van der Waals surface area contributed by atoms with Gasteiger partial charge >= 0.3 is 6.09 Å². The van der Waals surface area contributed by atoms with Gasteiger partial charge in [-0.05, 0) is 18.2 Å². The zero-order valence-corrected chi connectivity index (χ0v) is 7.40. The lowest BCUT2D eigenvalue weighted by Gasteiger charge is -2.01. The van der Waals surface area contributed by atoms with E-state index in [1.54, 1.807) is 0 Å². The van der Waals surface area contributed by atoms with Crippen molar-refractivity contribution in [3.05, 3.63) is 29.3 Å². The monoisotopic (exact) mass is 206 g/mol. The zero-order chi connectivity index (χ0) is 11.0. The smallest absolute Gasteiger partial charge is 0.409 e. The van der Waals surface area contributed by atoms with E-state index in [1.165, 1.54) is 18.2 Å². The molecule has 6 nitrogen and oxygen atoms in total. The van der Waals surface area contributed by atoms with Crippen molar-refractivity contribution in [2.45, 2.75) is 0 Å². The Bertz CT molecular complexity index is 481. The average molecular weight is 206 g/mol. The average Bonchev–Trinajstić information content (AvgIpc) is 2.41. The predicted octanol–water partition coefficient (Wildman–Crippen LogP) is 0.660. The molecule has 15 heavy (non-hydrogen) atoms. The number of benzene rings is 1. The molecule has 0 aromatic heterocycles. The van der Waals surface area contributed by atoms with Crippen LogP contribution in [0.4, 0.5) is 10.5 Å². The molecule has 2 rings (SSSR count). The van der Waals surface area contributed by atoms with Crippen LogP contribution in [0.15, 0.2) is 18.2 Å². The van der Waals surface area contributed by atoms with E-state index in [0.717, 1.165) is 0 Å². The van der Waals surface area contributed by atoms with Gasteiger partial charge in [0.2, 0.25) is 0 Å². The largest absolute Gasteiger partial charge is 0.465 e. The van der Waals surface area contributed by atoms with Gasteiger partial charge in [-0.2, -0.15) is 0 Å². The number of fused-ring (bicyclic) bond motifs is 1. The van der Waals surface area contributed by atoms with Crippen molar-refractivity contribution in [1.82, 2.24) is 5.32 Å². The van der Waals surface area contributed by atoms with Crippen LogP contribution in [0.1, 0.15) is 20.7 Å². The molecule has 1 heterocycles. The van der Waals surface area contributed by atoms with E-state index in [2.05, 4.69) is 10.6 Å². The third kappa shape index (κ3) is 1.52. The van der Waals surface area contributed by atoms with Crippen molar-refractivity contribution in [2.75, 3.05) is 5.32 Å². The minimum atomic E-state index is -1.22. The van der Waals surface area contributed by atoms with E-state index in [0.29, 0.717) is 0 Å². The fraction of sp³-hybridized carbons (Fsp3) is 0. The number of carboxylic acid groups (broad SMARTS) is 1. The minimum Gasteiger partial charge on any atom is -0.465 e. The maximum atomic E-state index is 11.2. The van der Waals surface area contributed by atoms with Crippen molar-refractivity contribution in [3.63, 3.8) is 0 Å². The Morgan fingerprint density at radius 1 is 1.20 bits per heavy atom. The second-order valence-electron chi connectivity index (χ2n) is 2.97. The molecule has 6 heteroatoms. The lowest BCUT2D eigenvalue weighted by Crippen LogP contribution is -2.19. The van der Waals surface area contributed by atoms with Crippen LogP contribution in [-0.4, -0.2) is 23.0 Å². The SMILES string of the molecule is O=C(O)Nc1ccc2c(c1)C(=O)NC2=O. The van der Waals surface area contributed by atoms with E-state index < -0.39 is 17.9 Å². The summed E-state index contributed by atoms with van der Waals surface area (Å²) in [4.78, 5) is 32.7. The van der Waals surface area contributed by atoms with Gasteiger partial charge in [0.05, 0.1) is 11.1 Å². The molecule has 0 spiro atoms. The van der Waals surface area contributed by atoms with Crippen LogP contribution in [0.5, 0.6) is 0 Å². The number of anilines is 1. The molecular formula is C9H6N2O4. The normalized spacial score (nSPS) is 13.3. The van der Waals surface area contributed by atoms with Gasteiger partial charge in [-0.1, -0.05) is 0 Å². The van der Waals surface area contributed by atoms with Gasteiger partial charge in [0.25, 0.3) is 11.8 Å². The molecule has 0 atom stereocenters. The number of hydrogen-bond acceptors (Lipinski definition) is 3. The molecule has 0 aliphatic carbocycles. The summed E-state index contributed by atoms with van der Waals surface area (Å²) in [7, 11) is 0. The zero-order valence-electron chi connectivity index (χ0n) is 7.40. The first kappa shape index (κ1) is 9.20. The molecule has 1 aliphatic heterocycles. The number of imide groups is 1. The van der Waals surface area contributed by atoms with Crippen LogP contribution in [0.2, 0.25) is 0 Å². The number of carbonyl (C=O) groups excluding carboxylic acids is 2. The van der Waals surface area contributed by atoms with Crippen LogP contribution in [-0.2, 0) is 0 Å². The first-order chi connectivity index (χ1) is 7.08. The summed E-state index contributed by atoms with van der Waals surface area (Å²) >= 11 is 0. The van der Waals surface area contributed by atoms with Crippen LogP contribution in [0, 0.1) is 0 Å². The molecule has 0 fully saturated rings. The molecule has 76 valence electrons. The summed E-state index contributed by atoms with van der Waals surface area (Å²) in [5.74, 6) is -0.971. The lowest BCUT2D eigenvalue weighted by molar-refractivity contribution is 0.0879. The van der Waals surface area contributed by atoms with Gasteiger partial charge < -0.3 is 5.11 Å². The fourth-order valence-corrected chi connectivity index (χ4v) is 1.37. The van der Waals surface area contributed by atoms with E-state index in [-0.39, 0.29) is 16.8 Å². The number of rotatable bonds is 1. The third-order valence-electron chi connectivity index (χ3n) is 1.99. The van der Waals surface area contributed by atoms with Crippen molar-refractivity contribution >= 4 is 23.6 Å². The van der Waals surface area contributed by atoms with Crippen LogP contribution in [0.25, 0.3) is 0 Å². The first-order valence-electron chi connectivity index (χ1n) is 4.07. The van der Waals surface area contributed by atoms with Crippen molar-refractivity contribution in [1.29, 1.82) is 0 Å². The van der Waals surface area contributed by atoms with Gasteiger partial charge in [-0.3, -0.25) is 20.2 Å². The number of hydrogen-bond donors (Lipinski definition) is 3. The number of nitrogens with one attached hydrogen (secondary N) is 2. The lowest BCUT2D eigenvalue weighted by atomic mass is 10.1. The molecular weight excluding hydrogens is 200 g/mol. The Labute approximate surface area is 83.9 Å². The molecule has 0 bridgehead atoms. The third-order valence-corrected chi connectivity index (χ3v) is 1.99. The second-order valence-corrected chi connectivity index (χ2v) is 2.97. The Morgan fingerprint density at radius 3 is 2.53 bits per heavy atom. The quantitative estimate of drug-likeness (QED) is 0.588. The molecule has 3 N–H and O–H groups in total. The highest BCUT2D eigenvalue weighted by molar-refractivity contribution is 6.21. The first-order valence-corrected chi connectivity index (χ1v) is 4.07. The summed E-state index contributed by atoms with van der Waals surface area (Å²) in [6.45, 7) is 0. The maximum absolute atomic E-state index is 11.2. The summed E-state index contributed by atoms with van der Waals surface area (Å²) in [5, 5.41) is 12.7. The molecule has 1 aromatic carbocycles.